The maximum absolute atomic E-state index is 12.2. The second-order valence-corrected chi connectivity index (χ2v) is 2.45. The number of aliphatic hydroxyl groups excluding tert-OH is 1. The van der Waals surface area contributed by atoms with Gasteiger partial charge in [-0.1, -0.05) is 0 Å². The van der Waals surface area contributed by atoms with Gasteiger partial charge in [-0.25, -0.2) is 8.78 Å². The van der Waals surface area contributed by atoms with Crippen molar-refractivity contribution < 1.29 is 13.9 Å². The molecule has 0 saturated heterocycles. The monoisotopic (exact) mass is 173 g/mol. The fourth-order valence-corrected chi connectivity index (χ4v) is 0.947. The third-order valence-corrected chi connectivity index (χ3v) is 1.53. The van der Waals surface area contributed by atoms with Gasteiger partial charge in [0.25, 0.3) is 6.43 Å². The number of alkyl halides is 2. The third kappa shape index (κ3) is 1.76. The van der Waals surface area contributed by atoms with Crippen LogP contribution in [0.4, 0.5) is 8.78 Å². The zero-order valence-electron chi connectivity index (χ0n) is 6.59. The minimum Gasteiger partial charge on any atom is -0.390 e. The fourth-order valence-electron chi connectivity index (χ4n) is 0.947. The lowest BCUT2D eigenvalue weighted by molar-refractivity contribution is 0.146. The molecule has 1 aromatic rings. The molecule has 0 radical (unpaired) electrons. The van der Waals surface area contributed by atoms with Crippen LogP contribution < -0.4 is 0 Å². The number of aliphatic hydroxyl groups is 1. The van der Waals surface area contributed by atoms with Crippen molar-refractivity contribution in [3.05, 3.63) is 29.1 Å². The number of halogens is 2. The quantitative estimate of drug-likeness (QED) is 0.739. The summed E-state index contributed by atoms with van der Waals surface area (Å²) in [5, 5.41) is 8.70. The van der Waals surface area contributed by atoms with Crippen molar-refractivity contribution in [2.24, 2.45) is 0 Å². The Morgan fingerprint density at radius 3 is 2.67 bits per heavy atom. The third-order valence-electron chi connectivity index (χ3n) is 1.53. The van der Waals surface area contributed by atoms with Gasteiger partial charge in [0.2, 0.25) is 0 Å². The smallest absolute Gasteiger partial charge is 0.265 e. The van der Waals surface area contributed by atoms with Crippen LogP contribution in [0.1, 0.15) is 23.4 Å². The van der Waals surface area contributed by atoms with E-state index in [1.807, 2.05) is 0 Å². The van der Waals surface area contributed by atoms with Gasteiger partial charge < -0.3 is 5.11 Å². The van der Waals surface area contributed by atoms with Gasteiger partial charge in [-0.3, -0.25) is 4.98 Å². The van der Waals surface area contributed by atoms with Crippen molar-refractivity contribution in [2.75, 3.05) is 0 Å². The van der Waals surface area contributed by atoms with Crippen LogP contribution in [0.2, 0.25) is 0 Å². The minimum absolute atomic E-state index is 0.0602. The largest absolute Gasteiger partial charge is 0.390 e. The van der Waals surface area contributed by atoms with Gasteiger partial charge in [0.15, 0.2) is 0 Å². The molecule has 4 heteroatoms. The Hall–Kier alpha value is -1.03. The lowest BCUT2D eigenvalue weighted by Crippen LogP contribution is -1.99. The minimum atomic E-state index is -2.57. The number of hydrogen-bond acceptors (Lipinski definition) is 2. The number of aryl methyl sites for hydroxylation is 1. The Labute approximate surface area is 68.9 Å². The molecule has 0 unspecified atom stereocenters. The van der Waals surface area contributed by atoms with Crippen LogP contribution in [0.15, 0.2) is 12.1 Å². The molecule has 0 aliphatic rings. The van der Waals surface area contributed by atoms with Gasteiger partial charge in [0.1, 0.15) is 0 Å². The molecule has 0 aromatic carbocycles. The Morgan fingerprint density at radius 1 is 1.50 bits per heavy atom. The van der Waals surface area contributed by atoms with Crippen molar-refractivity contribution in [3.63, 3.8) is 0 Å². The van der Waals surface area contributed by atoms with Crippen molar-refractivity contribution in [1.29, 1.82) is 0 Å². The summed E-state index contributed by atoms with van der Waals surface area (Å²) in [6, 6.07) is 2.79. The van der Waals surface area contributed by atoms with Crippen LogP contribution in [-0.4, -0.2) is 10.1 Å². The van der Waals surface area contributed by atoms with Crippen LogP contribution in [0, 0.1) is 6.92 Å². The maximum atomic E-state index is 12.2. The molecular formula is C8H9F2NO. The van der Waals surface area contributed by atoms with Gasteiger partial charge in [-0.15, -0.1) is 0 Å². The van der Waals surface area contributed by atoms with E-state index in [0.29, 0.717) is 5.69 Å². The van der Waals surface area contributed by atoms with Gasteiger partial charge in [0, 0.05) is 11.3 Å². The summed E-state index contributed by atoms with van der Waals surface area (Å²) in [6.07, 6.45) is -2.57. The molecule has 66 valence electrons. The van der Waals surface area contributed by atoms with Crippen LogP contribution in [0.3, 0.4) is 0 Å². The number of pyridine rings is 1. The Bertz CT molecular complexity index is 276. The van der Waals surface area contributed by atoms with E-state index in [2.05, 4.69) is 4.98 Å². The molecule has 2 nitrogen and oxygen atoms in total. The van der Waals surface area contributed by atoms with Gasteiger partial charge in [-0.2, -0.15) is 0 Å². The number of aromatic nitrogens is 1. The Kier molecular flexibility index (Phi) is 2.70. The normalized spacial score (nSPS) is 10.8. The molecular weight excluding hydrogens is 164 g/mol. The lowest BCUT2D eigenvalue weighted by Gasteiger charge is -2.05. The van der Waals surface area contributed by atoms with E-state index in [0.717, 1.165) is 0 Å². The molecule has 1 rings (SSSR count). The summed E-state index contributed by atoms with van der Waals surface area (Å²) in [7, 11) is 0. The first-order chi connectivity index (χ1) is 5.65. The second-order valence-electron chi connectivity index (χ2n) is 2.45. The fraction of sp³-hybridized carbons (Fsp3) is 0.375. The first-order valence-corrected chi connectivity index (χ1v) is 3.50. The summed E-state index contributed by atoms with van der Waals surface area (Å²) in [4.78, 5) is 3.78. The maximum Gasteiger partial charge on any atom is 0.265 e. The predicted molar refractivity (Wildman–Crippen MR) is 39.9 cm³/mol. The highest BCUT2D eigenvalue weighted by atomic mass is 19.3. The topological polar surface area (TPSA) is 33.1 Å². The van der Waals surface area contributed by atoms with E-state index < -0.39 is 13.0 Å². The molecule has 1 heterocycles. The highest BCUT2D eigenvalue weighted by Crippen LogP contribution is 2.21. The summed E-state index contributed by atoms with van der Waals surface area (Å²) in [5.41, 5.74) is 0.497. The summed E-state index contributed by atoms with van der Waals surface area (Å²) in [5.74, 6) is 0. The number of rotatable bonds is 2. The number of hydrogen-bond donors (Lipinski definition) is 1. The molecule has 0 bridgehead atoms. The molecule has 0 aliphatic carbocycles. The van der Waals surface area contributed by atoms with E-state index in [4.69, 9.17) is 5.11 Å². The van der Waals surface area contributed by atoms with Crippen molar-refractivity contribution in [3.8, 4) is 0 Å². The van der Waals surface area contributed by atoms with E-state index in [1.165, 1.54) is 12.1 Å². The molecule has 1 aromatic heterocycles. The van der Waals surface area contributed by atoms with Gasteiger partial charge in [-0.05, 0) is 19.1 Å². The first kappa shape index (κ1) is 9.06. The SMILES string of the molecule is Cc1ccc(C(F)F)c(CO)n1. The second kappa shape index (κ2) is 3.58. The highest BCUT2D eigenvalue weighted by Gasteiger charge is 2.12. The lowest BCUT2D eigenvalue weighted by atomic mass is 10.2. The highest BCUT2D eigenvalue weighted by molar-refractivity contribution is 5.23. The average Bonchev–Trinajstić information content (AvgIpc) is 2.03. The van der Waals surface area contributed by atoms with E-state index >= 15 is 0 Å². The van der Waals surface area contributed by atoms with Gasteiger partial charge in [0.05, 0.1) is 12.3 Å². The van der Waals surface area contributed by atoms with Crippen molar-refractivity contribution in [1.82, 2.24) is 4.98 Å². The van der Waals surface area contributed by atoms with Crippen LogP contribution in [-0.2, 0) is 6.61 Å². The Balaban J connectivity index is 3.11. The molecule has 0 spiro atoms. The average molecular weight is 173 g/mol. The zero-order valence-corrected chi connectivity index (χ0v) is 6.59. The van der Waals surface area contributed by atoms with Crippen molar-refractivity contribution >= 4 is 0 Å². The molecule has 0 saturated carbocycles. The standard InChI is InChI=1S/C8H9F2NO/c1-5-2-3-6(8(9)10)7(4-12)11-5/h2-3,8,12H,4H2,1H3. The molecule has 0 atom stereocenters. The van der Waals surface area contributed by atoms with E-state index in [1.54, 1.807) is 6.92 Å². The molecule has 0 aliphatic heterocycles. The number of nitrogens with zero attached hydrogens (tertiary/aromatic N) is 1. The predicted octanol–water partition coefficient (Wildman–Crippen LogP) is 1.82. The van der Waals surface area contributed by atoms with Crippen molar-refractivity contribution in [2.45, 2.75) is 20.0 Å². The molecule has 12 heavy (non-hydrogen) atoms. The van der Waals surface area contributed by atoms with E-state index in [-0.39, 0.29) is 11.3 Å². The summed E-state index contributed by atoms with van der Waals surface area (Å²) in [6.45, 7) is 1.25. The Morgan fingerprint density at radius 2 is 2.17 bits per heavy atom. The first-order valence-electron chi connectivity index (χ1n) is 3.50. The molecule has 0 fully saturated rings. The van der Waals surface area contributed by atoms with E-state index in [9.17, 15) is 8.78 Å². The van der Waals surface area contributed by atoms with Crippen LogP contribution in [0.25, 0.3) is 0 Å². The molecule has 0 amide bonds. The van der Waals surface area contributed by atoms with Crippen LogP contribution >= 0.6 is 0 Å². The molecule has 1 N–H and O–H groups in total. The van der Waals surface area contributed by atoms with Crippen LogP contribution in [0.5, 0.6) is 0 Å². The zero-order chi connectivity index (χ0) is 9.14. The summed E-state index contributed by atoms with van der Waals surface area (Å²) >= 11 is 0. The summed E-state index contributed by atoms with van der Waals surface area (Å²) < 4.78 is 24.4. The van der Waals surface area contributed by atoms with Gasteiger partial charge >= 0.3 is 0 Å².